The third kappa shape index (κ3) is 2.78. The molecule has 0 fully saturated rings. The van der Waals surface area contributed by atoms with Gasteiger partial charge in [0, 0.05) is 23.2 Å². The van der Waals surface area contributed by atoms with Gasteiger partial charge in [0.2, 0.25) is 5.91 Å². The smallest absolute Gasteiger partial charge is 0.233 e. The van der Waals surface area contributed by atoms with E-state index in [1.54, 1.807) is 11.3 Å². The van der Waals surface area contributed by atoms with E-state index in [-0.39, 0.29) is 5.91 Å². The number of para-hydroxylation sites is 1. The van der Waals surface area contributed by atoms with E-state index in [0.717, 1.165) is 34.9 Å². The van der Waals surface area contributed by atoms with Crippen molar-refractivity contribution in [3.8, 4) is 10.6 Å². The first-order chi connectivity index (χ1) is 11.3. The molecule has 1 aromatic heterocycles. The molecule has 4 rings (SSSR count). The van der Waals surface area contributed by atoms with Crippen LogP contribution in [0.5, 0.6) is 0 Å². The minimum Gasteiger partial charge on any atom is -0.311 e. The first-order valence-electron chi connectivity index (χ1n) is 7.69. The van der Waals surface area contributed by atoms with Crippen LogP contribution in [0.15, 0.2) is 60.0 Å². The highest BCUT2D eigenvalue weighted by atomic mass is 32.1. The van der Waals surface area contributed by atoms with Gasteiger partial charge in [-0.1, -0.05) is 48.5 Å². The van der Waals surface area contributed by atoms with E-state index in [2.05, 4.69) is 11.1 Å². The number of carbonyl (C=O) groups is 1. The zero-order valence-corrected chi connectivity index (χ0v) is 13.4. The molecule has 2 heterocycles. The maximum absolute atomic E-state index is 12.6. The second kappa shape index (κ2) is 5.97. The van der Waals surface area contributed by atoms with Gasteiger partial charge < -0.3 is 4.90 Å². The predicted molar refractivity (Wildman–Crippen MR) is 93.8 cm³/mol. The summed E-state index contributed by atoms with van der Waals surface area (Å²) in [4.78, 5) is 19.1. The maximum atomic E-state index is 12.6. The highest BCUT2D eigenvalue weighted by molar-refractivity contribution is 7.13. The molecule has 4 heteroatoms. The number of benzene rings is 2. The van der Waals surface area contributed by atoms with Crippen molar-refractivity contribution in [2.24, 2.45) is 0 Å². The molecule has 1 aliphatic heterocycles. The van der Waals surface area contributed by atoms with Crippen LogP contribution in [0.25, 0.3) is 10.6 Å². The summed E-state index contributed by atoms with van der Waals surface area (Å²) < 4.78 is 0. The van der Waals surface area contributed by atoms with E-state index in [4.69, 9.17) is 0 Å². The van der Waals surface area contributed by atoms with Crippen molar-refractivity contribution in [1.82, 2.24) is 4.98 Å². The summed E-state index contributed by atoms with van der Waals surface area (Å²) in [6.45, 7) is 0.772. The van der Waals surface area contributed by atoms with Crippen LogP contribution in [-0.4, -0.2) is 17.4 Å². The average Bonchev–Trinajstić information content (AvgIpc) is 3.22. The minimum atomic E-state index is 0.125. The van der Waals surface area contributed by atoms with Crippen molar-refractivity contribution in [1.29, 1.82) is 0 Å². The number of fused-ring (bicyclic) bond motifs is 1. The Morgan fingerprint density at radius 1 is 1.09 bits per heavy atom. The second-order valence-corrected chi connectivity index (χ2v) is 6.47. The molecular weight excluding hydrogens is 304 g/mol. The summed E-state index contributed by atoms with van der Waals surface area (Å²) in [6.07, 6.45) is 1.30. The van der Waals surface area contributed by atoms with Gasteiger partial charge in [-0.25, -0.2) is 4.98 Å². The Balaban J connectivity index is 1.51. The number of carbonyl (C=O) groups excluding carboxylic acids is 1. The van der Waals surface area contributed by atoms with Gasteiger partial charge in [-0.05, 0) is 18.1 Å². The van der Waals surface area contributed by atoms with Crippen molar-refractivity contribution in [3.05, 3.63) is 71.2 Å². The summed E-state index contributed by atoms with van der Waals surface area (Å²) in [7, 11) is 0. The van der Waals surface area contributed by atoms with Gasteiger partial charge in [-0.2, -0.15) is 0 Å². The van der Waals surface area contributed by atoms with Crippen LogP contribution in [0, 0.1) is 0 Å². The fourth-order valence-corrected chi connectivity index (χ4v) is 3.77. The van der Waals surface area contributed by atoms with Gasteiger partial charge in [0.05, 0.1) is 12.1 Å². The number of thiazole rings is 1. The second-order valence-electron chi connectivity index (χ2n) is 5.61. The van der Waals surface area contributed by atoms with Crippen LogP contribution in [0.1, 0.15) is 11.3 Å². The van der Waals surface area contributed by atoms with E-state index >= 15 is 0 Å². The molecule has 0 saturated heterocycles. The van der Waals surface area contributed by atoms with Gasteiger partial charge in [0.25, 0.3) is 0 Å². The Morgan fingerprint density at radius 2 is 1.87 bits per heavy atom. The summed E-state index contributed by atoms with van der Waals surface area (Å²) >= 11 is 1.59. The molecule has 3 aromatic rings. The molecular formula is C19H16N2OS. The van der Waals surface area contributed by atoms with Crippen LogP contribution in [0.3, 0.4) is 0 Å². The lowest BCUT2D eigenvalue weighted by Gasteiger charge is -2.16. The molecule has 1 aliphatic rings. The zero-order valence-electron chi connectivity index (χ0n) is 12.6. The third-order valence-electron chi connectivity index (χ3n) is 4.09. The summed E-state index contributed by atoms with van der Waals surface area (Å²) in [5.74, 6) is 0.125. The largest absolute Gasteiger partial charge is 0.311 e. The van der Waals surface area contributed by atoms with Gasteiger partial charge in [-0.15, -0.1) is 11.3 Å². The highest BCUT2D eigenvalue weighted by Crippen LogP contribution is 2.29. The van der Waals surface area contributed by atoms with Gasteiger partial charge in [0.15, 0.2) is 0 Å². The molecule has 0 N–H and O–H groups in total. The van der Waals surface area contributed by atoms with Crippen LogP contribution in [0.4, 0.5) is 5.69 Å². The topological polar surface area (TPSA) is 33.2 Å². The van der Waals surface area contributed by atoms with Crippen molar-refractivity contribution in [2.45, 2.75) is 12.8 Å². The van der Waals surface area contributed by atoms with Crippen LogP contribution in [-0.2, 0) is 17.6 Å². The van der Waals surface area contributed by atoms with Gasteiger partial charge in [-0.3, -0.25) is 4.79 Å². The zero-order chi connectivity index (χ0) is 15.6. The number of rotatable bonds is 3. The van der Waals surface area contributed by atoms with E-state index in [1.807, 2.05) is 58.8 Å². The molecule has 0 atom stereocenters. The standard InChI is InChI=1S/C19H16N2OS/c22-18(21-11-10-14-6-4-5-9-17(14)21)12-16-13-23-19(20-16)15-7-2-1-3-8-15/h1-9,13H,10-12H2. The van der Waals surface area contributed by atoms with Crippen molar-refractivity contribution in [2.75, 3.05) is 11.4 Å². The molecule has 0 spiro atoms. The van der Waals surface area contributed by atoms with E-state index in [9.17, 15) is 4.79 Å². The lowest BCUT2D eigenvalue weighted by molar-refractivity contribution is -0.117. The number of hydrogen-bond acceptors (Lipinski definition) is 3. The Hall–Kier alpha value is -2.46. The number of hydrogen-bond donors (Lipinski definition) is 0. The Labute approximate surface area is 139 Å². The third-order valence-corrected chi connectivity index (χ3v) is 5.03. The van der Waals surface area contributed by atoms with Gasteiger partial charge >= 0.3 is 0 Å². The molecule has 0 unspecified atom stereocenters. The molecule has 114 valence electrons. The van der Waals surface area contributed by atoms with Crippen LogP contribution >= 0.6 is 11.3 Å². The monoisotopic (exact) mass is 320 g/mol. The number of aromatic nitrogens is 1. The molecule has 0 aliphatic carbocycles. The number of anilines is 1. The first kappa shape index (κ1) is 14.2. The molecule has 0 radical (unpaired) electrons. The Kier molecular flexibility index (Phi) is 3.67. The normalized spacial score (nSPS) is 13.1. The molecule has 0 saturated carbocycles. The molecule has 1 amide bonds. The summed E-state index contributed by atoms with van der Waals surface area (Å²) in [6, 6.07) is 18.2. The SMILES string of the molecule is O=C(Cc1csc(-c2ccccc2)n1)N1CCc2ccccc21. The van der Waals surface area contributed by atoms with Crippen molar-refractivity contribution < 1.29 is 4.79 Å². The molecule has 23 heavy (non-hydrogen) atoms. The average molecular weight is 320 g/mol. The fourth-order valence-electron chi connectivity index (χ4n) is 2.95. The van der Waals surface area contributed by atoms with Gasteiger partial charge in [0.1, 0.15) is 5.01 Å². The summed E-state index contributed by atoms with van der Waals surface area (Å²) in [5.41, 5.74) is 4.26. The number of amides is 1. The van der Waals surface area contributed by atoms with Crippen molar-refractivity contribution in [3.63, 3.8) is 0 Å². The lowest BCUT2D eigenvalue weighted by atomic mass is 10.2. The number of nitrogens with zero attached hydrogens (tertiary/aromatic N) is 2. The molecule has 3 nitrogen and oxygen atoms in total. The summed E-state index contributed by atoms with van der Waals surface area (Å²) in [5, 5.41) is 2.96. The predicted octanol–water partition coefficient (Wildman–Crippen LogP) is 3.94. The Morgan fingerprint density at radius 3 is 2.74 bits per heavy atom. The van der Waals surface area contributed by atoms with Crippen molar-refractivity contribution >= 4 is 22.9 Å². The van der Waals surface area contributed by atoms with E-state index < -0.39 is 0 Å². The quantitative estimate of drug-likeness (QED) is 0.732. The highest BCUT2D eigenvalue weighted by Gasteiger charge is 2.24. The lowest BCUT2D eigenvalue weighted by Crippen LogP contribution is -2.30. The molecule has 0 bridgehead atoms. The Bertz CT molecular complexity index is 841. The van der Waals surface area contributed by atoms with Crippen LogP contribution in [0.2, 0.25) is 0 Å². The van der Waals surface area contributed by atoms with Crippen LogP contribution < -0.4 is 4.90 Å². The minimum absolute atomic E-state index is 0.125. The molecule has 2 aromatic carbocycles. The van der Waals surface area contributed by atoms with E-state index in [0.29, 0.717) is 6.42 Å². The first-order valence-corrected chi connectivity index (χ1v) is 8.57. The van der Waals surface area contributed by atoms with E-state index in [1.165, 1.54) is 5.56 Å². The maximum Gasteiger partial charge on any atom is 0.233 e. The fraction of sp³-hybridized carbons (Fsp3) is 0.158.